The van der Waals surface area contributed by atoms with E-state index >= 15 is 0 Å². The number of unbranched alkanes of at least 4 members (excludes halogenated alkanes) is 1. The minimum atomic E-state index is -0.613. The van der Waals surface area contributed by atoms with Crippen molar-refractivity contribution in [3.8, 4) is 0 Å². The minimum absolute atomic E-state index is 0.105. The topological polar surface area (TPSA) is 57.6 Å². The number of ketones is 1. The summed E-state index contributed by atoms with van der Waals surface area (Å²) in [5, 5.41) is 11.0. The Kier molecular flexibility index (Phi) is 5.68. The summed E-state index contributed by atoms with van der Waals surface area (Å²) in [6.07, 6.45) is 1.72. The Balaban J connectivity index is 2.18. The molecule has 3 rings (SSSR count). The van der Waals surface area contributed by atoms with E-state index in [-0.39, 0.29) is 11.3 Å². The van der Waals surface area contributed by atoms with E-state index in [1.54, 1.807) is 11.0 Å². The Morgan fingerprint density at radius 2 is 1.79 bits per heavy atom. The van der Waals surface area contributed by atoms with E-state index in [0.717, 1.165) is 35.1 Å². The van der Waals surface area contributed by atoms with Gasteiger partial charge in [0.1, 0.15) is 5.76 Å². The summed E-state index contributed by atoms with van der Waals surface area (Å²) >= 11 is 0. The highest BCUT2D eigenvalue weighted by Gasteiger charge is 2.45. The van der Waals surface area contributed by atoms with Crippen LogP contribution >= 0.6 is 0 Å². The number of amides is 1. The summed E-state index contributed by atoms with van der Waals surface area (Å²) in [5.74, 6) is -1.25. The number of rotatable bonds is 5. The fraction of sp³-hybridized carbons (Fsp3) is 0.333. The number of benzene rings is 2. The lowest BCUT2D eigenvalue weighted by atomic mass is 9.93. The molecule has 1 saturated heterocycles. The van der Waals surface area contributed by atoms with Gasteiger partial charge in [-0.1, -0.05) is 55.3 Å². The van der Waals surface area contributed by atoms with Crippen molar-refractivity contribution in [1.82, 2.24) is 4.90 Å². The van der Waals surface area contributed by atoms with Gasteiger partial charge in [-0.25, -0.2) is 0 Å². The minimum Gasteiger partial charge on any atom is -0.507 e. The van der Waals surface area contributed by atoms with E-state index < -0.39 is 17.7 Å². The van der Waals surface area contributed by atoms with Crippen molar-refractivity contribution >= 4 is 17.4 Å². The lowest BCUT2D eigenvalue weighted by Crippen LogP contribution is -2.30. The Hall–Kier alpha value is -2.88. The average Bonchev–Trinajstić information content (AvgIpc) is 2.92. The second kappa shape index (κ2) is 8.01. The molecule has 0 aliphatic carbocycles. The number of hydrogen-bond acceptors (Lipinski definition) is 3. The van der Waals surface area contributed by atoms with Gasteiger partial charge in [-0.2, -0.15) is 0 Å². The van der Waals surface area contributed by atoms with E-state index in [2.05, 4.69) is 0 Å². The highest BCUT2D eigenvalue weighted by Crippen LogP contribution is 2.39. The molecule has 1 unspecified atom stereocenters. The molecule has 0 aromatic heterocycles. The lowest BCUT2D eigenvalue weighted by molar-refractivity contribution is -0.139. The molecule has 1 N–H and O–H groups in total. The molecular formula is C24H27NO3. The Labute approximate surface area is 166 Å². The second-order valence-electron chi connectivity index (χ2n) is 7.56. The molecule has 146 valence electrons. The molecule has 0 spiro atoms. The summed E-state index contributed by atoms with van der Waals surface area (Å²) in [6.45, 7) is 8.47. The van der Waals surface area contributed by atoms with E-state index in [0.29, 0.717) is 12.1 Å². The third kappa shape index (κ3) is 3.59. The fourth-order valence-electron chi connectivity index (χ4n) is 3.67. The first-order valence-corrected chi connectivity index (χ1v) is 9.77. The smallest absolute Gasteiger partial charge is 0.295 e. The van der Waals surface area contributed by atoms with Gasteiger partial charge in [0.2, 0.25) is 0 Å². The molecule has 0 bridgehead atoms. The maximum Gasteiger partial charge on any atom is 0.295 e. The molecule has 1 atom stereocenters. The number of likely N-dealkylation sites (tertiary alicyclic amines) is 1. The number of Topliss-reactive ketones (excluding diaryl/α,β-unsaturated/α-hetero) is 1. The van der Waals surface area contributed by atoms with Gasteiger partial charge >= 0.3 is 0 Å². The van der Waals surface area contributed by atoms with Crippen molar-refractivity contribution in [3.05, 3.63) is 75.9 Å². The van der Waals surface area contributed by atoms with Gasteiger partial charge in [-0.15, -0.1) is 0 Å². The van der Waals surface area contributed by atoms with Crippen molar-refractivity contribution in [2.75, 3.05) is 6.54 Å². The van der Waals surface area contributed by atoms with Gasteiger partial charge in [0, 0.05) is 12.1 Å². The molecule has 4 heteroatoms. The monoisotopic (exact) mass is 377 g/mol. The predicted octanol–water partition coefficient (Wildman–Crippen LogP) is 4.83. The van der Waals surface area contributed by atoms with Crippen LogP contribution in [0.5, 0.6) is 0 Å². The van der Waals surface area contributed by atoms with Crippen LogP contribution in [0.25, 0.3) is 5.76 Å². The van der Waals surface area contributed by atoms with Crippen molar-refractivity contribution in [2.24, 2.45) is 0 Å². The zero-order chi connectivity index (χ0) is 20.4. The molecule has 0 saturated carbocycles. The molecule has 1 heterocycles. The Morgan fingerprint density at radius 1 is 1.04 bits per heavy atom. The number of aliphatic hydroxyl groups is 1. The predicted molar refractivity (Wildman–Crippen MR) is 111 cm³/mol. The van der Waals surface area contributed by atoms with E-state index in [1.807, 2.05) is 64.1 Å². The molecule has 1 aliphatic heterocycles. The van der Waals surface area contributed by atoms with Crippen molar-refractivity contribution in [3.63, 3.8) is 0 Å². The first kappa shape index (κ1) is 19.9. The van der Waals surface area contributed by atoms with Gasteiger partial charge in [0.25, 0.3) is 11.7 Å². The normalized spacial score (nSPS) is 18.7. The van der Waals surface area contributed by atoms with Gasteiger partial charge in [-0.05, 0) is 49.9 Å². The quantitative estimate of drug-likeness (QED) is 0.461. The zero-order valence-corrected chi connectivity index (χ0v) is 17.0. The molecule has 4 nitrogen and oxygen atoms in total. The van der Waals surface area contributed by atoms with E-state index in [9.17, 15) is 14.7 Å². The molecule has 1 fully saturated rings. The number of aliphatic hydroxyl groups excluding tert-OH is 1. The first-order chi connectivity index (χ1) is 13.3. The van der Waals surface area contributed by atoms with Crippen LogP contribution in [0.15, 0.2) is 48.0 Å². The van der Waals surface area contributed by atoms with Crippen LogP contribution < -0.4 is 0 Å². The van der Waals surface area contributed by atoms with Crippen molar-refractivity contribution in [1.29, 1.82) is 0 Å². The van der Waals surface area contributed by atoms with Crippen LogP contribution in [0.1, 0.15) is 53.6 Å². The molecule has 28 heavy (non-hydrogen) atoms. The Morgan fingerprint density at radius 3 is 2.43 bits per heavy atom. The van der Waals surface area contributed by atoms with Crippen LogP contribution in [0.2, 0.25) is 0 Å². The first-order valence-electron chi connectivity index (χ1n) is 9.77. The standard InChI is InChI=1S/C24H27NO3/c1-5-6-12-25-21(18-9-7-8-15(2)13-18)20(23(27)24(25)28)22(26)19-11-10-16(3)17(4)14-19/h7-11,13-14,21,26H,5-6,12H2,1-4H3/b22-20-. The molecule has 0 radical (unpaired) electrons. The van der Waals surface area contributed by atoms with Crippen LogP contribution in [0.3, 0.4) is 0 Å². The summed E-state index contributed by atoms with van der Waals surface area (Å²) < 4.78 is 0. The summed E-state index contributed by atoms with van der Waals surface area (Å²) in [5.41, 5.74) is 4.76. The molecular weight excluding hydrogens is 350 g/mol. The van der Waals surface area contributed by atoms with Gasteiger partial charge in [0.05, 0.1) is 11.6 Å². The third-order valence-corrected chi connectivity index (χ3v) is 5.43. The number of hydrogen-bond donors (Lipinski definition) is 1. The summed E-state index contributed by atoms with van der Waals surface area (Å²) in [4.78, 5) is 27.3. The fourth-order valence-corrected chi connectivity index (χ4v) is 3.67. The maximum absolute atomic E-state index is 12.9. The lowest BCUT2D eigenvalue weighted by Gasteiger charge is -2.25. The van der Waals surface area contributed by atoms with Crippen molar-refractivity contribution < 1.29 is 14.7 Å². The van der Waals surface area contributed by atoms with Crippen LogP contribution in [0, 0.1) is 20.8 Å². The van der Waals surface area contributed by atoms with E-state index in [4.69, 9.17) is 0 Å². The second-order valence-corrected chi connectivity index (χ2v) is 7.56. The number of carbonyl (C=O) groups excluding carboxylic acids is 2. The maximum atomic E-state index is 12.9. The van der Waals surface area contributed by atoms with Crippen LogP contribution in [0.4, 0.5) is 0 Å². The highest BCUT2D eigenvalue weighted by atomic mass is 16.3. The molecule has 2 aromatic rings. The van der Waals surface area contributed by atoms with Crippen LogP contribution in [-0.2, 0) is 9.59 Å². The summed E-state index contributed by atoms with van der Waals surface area (Å²) in [7, 11) is 0. The Bertz CT molecular complexity index is 958. The number of carbonyl (C=O) groups is 2. The van der Waals surface area contributed by atoms with Gasteiger partial charge < -0.3 is 10.0 Å². The van der Waals surface area contributed by atoms with Gasteiger partial charge in [-0.3, -0.25) is 9.59 Å². The number of nitrogens with zero attached hydrogens (tertiary/aromatic N) is 1. The average molecular weight is 377 g/mol. The van der Waals surface area contributed by atoms with Crippen molar-refractivity contribution in [2.45, 2.75) is 46.6 Å². The molecule has 1 aliphatic rings. The highest BCUT2D eigenvalue weighted by molar-refractivity contribution is 6.46. The van der Waals surface area contributed by atoms with Gasteiger partial charge in [0.15, 0.2) is 0 Å². The van der Waals surface area contributed by atoms with Crippen LogP contribution in [-0.4, -0.2) is 28.2 Å². The molecule has 1 amide bonds. The number of aryl methyl sites for hydroxylation is 3. The zero-order valence-electron chi connectivity index (χ0n) is 17.0. The van der Waals surface area contributed by atoms with E-state index in [1.165, 1.54) is 0 Å². The SMILES string of the molecule is CCCCN1C(=O)C(=O)/C(=C(\O)c2ccc(C)c(C)c2)C1c1cccc(C)c1. The molecule has 2 aromatic carbocycles. The third-order valence-electron chi connectivity index (χ3n) is 5.43. The summed E-state index contributed by atoms with van der Waals surface area (Å²) in [6, 6.07) is 12.8. The largest absolute Gasteiger partial charge is 0.507 e.